The molecule has 0 spiro atoms. The van der Waals surface area contributed by atoms with E-state index in [1.165, 1.54) is 18.4 Å². The van der Waals surface area contributed by atoms with Gasteiger partial charge in [0, 0.05) is 38.4 Å². The van der Waals surface area contributed by atoms with Crippen LogP contribution in [0.4, 0.5) is 10.5 Å². The minimum absolute atomic E-state index is 0.224. The van der Waals surface area contributed by atoms with Crippen molar-refractivity contribution in [2.45, 2.75) is 32.1 Å². The Morgan fingerprint density at radius 2 is 1.79 bits per heavy atom. The van der Waals surface area contributed by atoms with Crippen molar-refractivity contribution < 1.29 is 14.7 Å². The number of aromatic hydroxyl groups is 1. The van der Waals surface area contributed by atoms with Crippen molar-refractivity contribution in [3.05, 3.63) is 35.9 Å². The van der Waals surface area contributed by atoms with E-state index in [-0.39, 0.29) is 18.2 Å². The summed E-state index contributed by atoms with van der Waals surface area (Å²) in [4.78, 5) is 28.3. The van der Waals surface area contributed by atoms with Crippen LogP contribution in [0.1, 0.15) is 32.1 Å². The third kappa shape index (κ3) is 6.27. The minimum atomic E-state index is -0.413. The number of piperazine rings is 1. The Balaban J connectivity index is 1.32. The first kappa shape index (κ1) is 20.2. The zero-order valence-corrected chi connectivity index (χ0v) is 16.3. The topological polar surface area (TPSA) is 84.9 Å². The van der Waals surface area contributed by atoms with E-state index in [9.17, 15) is 14.7 Å². The summed E-state index contributed by atoms with van der Waals surface area (Å²) in [5.41, 5.74) is 2.47. The van der Waals surface area contributed by atoms with Gasteiger partial charge in [-0.05, 0) is 56.4 Å². The predicted molar refractivity (Wildman–Crippen MR) is 109 cm³/mol. The number of phenolic OH excluding ortho intramolecular Hbond substituents is 1. The van der Waals surface area contributed by atoms with Gasteiger partial charge in [-0.25, -0.2) is 4.79 Å². The maximum absolute atomic E-state index is 12.1. The molecular formula is C21H30N4O3. The summed E-state index contributed by atoms with van der Waals surface area (Å²) in [6.45, 7) is 3.91. The van der Waals surface area contributed by atoms with Crippen molar-refractivity contribution >= 4 is 17.6 Å². The zero-order valence-electron chi connectivity index (χ0n) is 16.3. The number of benzene rings is 1. The molecule has 1 aliphatic carbocycles. The molecular weight excluding hydrogens is 356 g/mol. The van der Waals surface area contributed by atoms with Gasteiger partial charge in [0.05, 0.1) is 6.54 Å². The molecule has 0 aromatic heterocycles. The molecule has 1 heterocycles. The number of nitrogens with zero attached hydrogens (tertiary/aromatic N) is 2. The Hall–Kier alpha value is -2.54. The number of carbonyl (C=O) groups is 2. The number of imide groups is 1. The number of rotatable bonds is 6. The van der Waals surface area contributed by atoms with Crippen molar-refractivity contribution in [3.8, 4) is 5.75 Å². The molecule has 3 amide bonds. The van der Waals surface area contributed by atoms with Crippen LogP contribution in [0.25, 0.3) is 0 Å². The van der Waals surface area contributed by atoms with E-state index in [0.29, 0.717) is 6.54 Å². The second-order valence-electron chi connectivity index (χ2n) is 7.44. The van der Waals surface area contributed by atoms with Crippen LogP contribution in [-0.2, 0) is 4.79 Å². The fraction of sp³-hybridized carbons (Fsp3) is 0.524. The highest BCUT2D eigenvalue weighted by Crippen LogP contribution is 2.20. The number of allylic oxidation sites excluding steroid dienone is 1. The summed E-state index contributed by atoms with van der Waals surface area (Å²) >= 11 is 0. The predicted octanol–water partition coefficient (Wildman–Crippen LogP) is 2.23. The van der Waals surface area contributed by atoms with E-state index in [4.69, 9.17) is 0 Å². The van der Waals surface area contributed by atoms with Gasteiger partial charge in [-0.1, -0.05) is 11.6 Å². The van der Waals surface area contributed by atoms with Crippen LogP contribution < -0.4 is 15.5 Å². The fourth-order valence-electron chi connectivity index (χ4n) is 3.71. The third-order valence-corrected chi connectivity index (χ3v) is 5.32. The van der Waals surface area contributed by atoms with Crippen LogP contribution in [-0.4, -0.2) is 61.2 Å². The van der Waals surface area contributed by atoms with Gasteiger partial charge >= 0.3 is 6.03 Å². The first-order valence-electron chi connectivity index (χ1n) is 10.1. The summed E-state index contributed by atoms with van der Waals surface area (Å²) in [5.74, 6) is -0.0136. The van der Waals surface area contributed by atoms with Gasteiger partial charge in [-0.2, -0.15) is 0 Å². The molecule has 3 rings (SSSR count). The molecule has 1 saturated heterocycles. The number of amides is 3. The van der Waals surface area contributed by atoms with E-state index >= 15 is 0 Å². The van der Waals surface area contributed by atoms with Gasteiger partial charge in [0.2, 0.25) is 5.91 Å². The molecule has 0 atom stereocenters. The SMILES string of the molecule is O=C(CN1CCN(c2ccc(O)cc2)CC1)NC(=O)NCCC1=CCCCC1. The fourth-order valence-corrected chi connectivity index (χ4v) is 3.71. The van der Waals surface area contributed by atoms with Gasteiger partial charge < -0.3 is 15.3 Å². The van der Waals surface area contributed by atoms with Crippen LogP contribution >= 0.6 is 0 Å². The van der Waals surface area contributed by atoms with Crippen LogP contribution in [0.15, 0.2) is 35.9 Å². The molecule has 1 fully saturated rings. The smallest absolute Gasteiger partial charge is 0.321 e. The molecule has 2 aliphatic rings. The molecule has 1 aromatic carbocycles. The molecule has 28 heavy (non-hydrogen) atoms. The lowest BCUT2D eigenvalue weighted by molar-refractivity contribution is -0.121. The van der Waals surface area contributed by atoms with Gasteiger partial charge in [0.25, 0.3) is 0 Å². The number of phenols is 1. The summed E-state index contributed by atoms with van der Waals surface area (Å²) in [6.07, 6.45) is 7.89. The molecule has 0 bridgehead atoms. The molecule has 152 valence electrons. The van der Waals surface area contributed by atoms with Crippen molar-refractivity contribution in [1.82, 2.24) is 15.5 Å². The maximum atomic E-state index is 12.1. The van der Waals surface area contributed by atoms with Crippen LogP contribution in [0.5, 0.6) is 5.75 Å². The molecule has 0 radical (unpaired) electrons. The Kier molecular flexibility index (Phi) is 7.31. The lowest BCUT2D eigenvalue weighted by Gasteiger charge is -2.35. The normalized spacial score (nSPS) is 17.7. The highest BCUT2D eigenvalue weighted by atomic mass is 16.3. The summed E-state index contributed by atoms with van der Waals surface area (Å²) in [7, 11) is 0. The van der Waals surface area contributed by atoms with Gasteiger partial charge in [0.15, 0.2) is 0 Å². The van der Waals surface area contributed by atoms with Gasteiger partial charge in [-0.3, -0.25) is 15.0 Å². The monoisotopic (exact) mass is 386 g/mol. The van der Waals surface area contributed by atoms with E-state index in [2.05, 4.69) is 21.6 Å². The number of nitrogens with one attached hydrogen (secondary N) is 2. The van der Waals surface area contributed by atoms with Crippen LogP contribution in [0, 0.1) is 0 Å². The summed E-state index contributed by atoms with van der Waals surface area (Å²) in [6, 6.07) is 6.73. The third-order valence-electron chi connectivity index (χ3n) is 5.32. The molecule has 7 heteroatoms. The van der Waals surface area contributed by atoms with Crippen molar-refractivity contribution in [2.24, 2.45) is 0 Å². The average Bonchev–Trinajstić information content (AvgIpc) is 2.70. The summed E-state index contributed by atoms with van der Waals surface area (Å²) < 4.78 is 0. The largest absolute Gasteiger partial charge is 0.508 e. The maximum Gasteiger partial charge on any atom is 0.321 e. The van der Waals surface area contributed by atoms with E-state index < -0.39 is 6.03 Å². The second-order valence-corrected chi connectivity index (χ2v) is 7.44. The Morgan fingerprint density at radius 3 is 2.46 bits per heavy atom. The van der Waals surface area contributed by atoms with Crippen molar-refractivity contribution in [3.63, 3.8) is 0 Å². The summed E-state index contributed by atoms with van der Waals surface area (Å²) in [5, 5.41) is 14.6. The van der Waals surface area contributed by atoms with Gasteiger partial charge in [-0.15, -0.1) is 0 Å². The van der Waals surface area contributed by atoms with E-state index in [0.717, 1.165) is 51.1 Å². The Morgan fingerprint density at radius 1 is 1.04 bits per heavy atom. The Bertz CT molecular complexity index is 694. The molecule has 7 nitrogen and oxygen atoms in total. The number of hydrogen-bond acceptors (Lipinski definition) is 5. The van der Waals surface area contributed by atoms with Crippen LogP contribution in [0.3, 0.4) is 0 Å². The Labute approximate surface area is 166 Å². The lowest BCUT2D eigenvalue weighted by Crippen LogP contribution is -2.51. The quantitative estimate of drug-likeness (QED) is 0.653. The average molecular weight is 386 g/mol. The number of carbonyl (C=O) groups excluding carboxylic acids is 2. The number of hydrogen-bond donors (Lipinski definition) is 3. The zero-order chi connectivity index (χ0) is 19.8. The molecule has 0 unspecified atom stereocenters. The number of anilines is 1. The molecule has 1 aromatic rings. The van der Waals surface area contributed by atoms with E-state index in [1.54, 1.807) is 12.1 Å². The molecule has 0 saturated carbocycles. The van der Waals surface area contributed by atoms with Crippen molar-refractivity contribution in [2.75, 3.05) is 44.2 Å². The first-order valence-corrected chi connectivity index (χ1v) is 10.1. The highest BCUT2D eigenvalue weighted by Gasteiger charge is 2.20. The standard InChI is InChI=1S/C21H30N4O3/c26-19-8-6-18(7-9-19)25-14-12-24(13-15-25)16-20(27)23-21(28)22-11-10-17-4-2-1-3-5-17/h4,6-9,26H,1-3,5,10-16H2,(H2,22,23,27,28). The van der Waals surface area contributed by atoms with Crippen LogP contribution in [0.2, 0.25) is 0 Å². The second kappa shape index (κ2) is 10.1. The minimum Gasteiger partial charge on any atom is -0.508 e. The van der Waals surface area contributed by atoms with Crippen molar-refractivity contribution in [1.29, 1.82) is 0 Å². The number of urea groups is 1. The van der Waals surface area contributed by atoms with E-state index in [1.807, 2.05) is 17.0 Å². The molecule has 1 aliphatic heterocycles. The first-order chi connectivity index (χ1) is 13.6. The van der Waals surface area contributed by atoms with Gasteiger partial charge in [0.1, 0.15) is 5.75 Å². The molecule has 3 N–H and O–H groups in total. The lowest BCUT2D eigenvalue weighted by atomic mass is 9.97. The highest BCUT2D eigenvalue weighted by molar-refractivity contribution is 5.95.